The number of ether oxygens (including phenoxy) is 2. The number of benzene rings is 1. The maximum atomic E-state index is 13.5. The van der Waals surface area contributed by atoms with Crippen LogP contribution in [0.25, 0.3) is 0 Å². The quantitative estimate of drug-likeness (QED) is 0.0295. The summed E-state index contributed by atoms with van der Waals surface area (Å²) in [6.07, 6.45) is 31.2. The van der Waals surface area contributed by atoms with Gasteiger partial charge in [-0.3, -0.25) is 23.2 Å². The molecule has 0 amide bonds. The Labute approximate surface area is 335 Å². The van der Waals surface area contributed by atoms with Crippen LogP contribution in [0.15, 0.2) is 30.3 Å². The first-order valence-corrected chi connectivity index (χ1v) is 23.6. The summed E-state index contributed by atoms with van der Waals surface area (Å²) in [5.74, 6) is 4.34. The van der Waals surface area contributed by atoms with Gasteiger partial charge in [-0.1, -0.05) is 198 Å². The van der Waals surface area contributed by atoms with Crippen LogP contribution in [-0.4, -0.2) is 44.5 Å². The van der Waals surface area contributed by atoms with E-state index in [1.807, 2.05) is 30.3 Å². The Morgan fingerprint density at radius 2 is 0.982 bits per heavy atom. The largest absolute Gasteiger partial charge is 0.475 e. The van der Waals surface area contributed by atoms with Crippen molar-refractivity contribution in [2.24, 2.45) is 5.90 Å². The molecule has 1 unspecified atom stereocenters. The Morgan fingerprint density at radius 3 is 1.44 bits per heavy atom. The molecular formula is C44H80NO9P. The van der Waals surface area contributed by atoms with E-state index in [0.717, 1.165) is 37.7 Å². The molecule has 320 valence electrons. The van der Waals surface area contributed by atoms with Crippen LogP contribution < -0.4 is 5.90 Å². The van der Waals surface area contributed by atoms with Crippen molar-refractivity contribution in [2.75, 3.05) is 26.4 Å². The van der Waals surface area contributed by atoms with Crippen LogP contribution in [0.2, 0.25) is 0 Å². The molecule has 2 N–H and O–H groups in total. The van der Waals surface area contributed by atoms with Crippen LogP contribution in [-0.2, 0) is 48.6 Å². The molecule has 0 aliphatic carbocycles. The summed E-state index contributed by atoms with van der Waals surface area (Å²) in [6, 6.07) is 9.20. The molecule has 0 saturated carbocycles. The summed E-state index contributed by atoms with van der Waals surface area (Å²) < 4.78 is 41.4. The second-order valence-corrected chi connectivity index (χ2v) is 16.7. The Morgan fingerprint density at radius 1 is 0.545 bits per heavy atom. The minimum Gasteiger partial charge on any atom is -0.462 e. The Bertz CT molecular complexity index is 1060. The fraction of sp³-hybridized carbons (Fsp3) is 0.818. The third-order valence-corrected chi connectivity index (χ3v) is 11.2. The van der Waals surface area contributed by atoms with Gasteiger partial charge in [0.2, 0.25) is 0 Å². The smallest absolute Gasteiger partial charge is 0.462 e. The van der Waals surface area contributed by atoms with Crippen LogP contribution in [0.1, 0.15) is 199 Å². The molecule has 0 aliphatic rings. The van der Waals surface area contributed by atoms with Crippen LogP contribution >= 0.6 is 7.82 Å². The Hall–Kier alpha value is -1.81. The maximum absolute atomic E-state index is 13.5. The van der Waals surface area contributed by atoms with E-state index in [1.165, 1.54) is 128 Å². The van der Waals surface area contributed by atoms with Gasteiger partial charge in [0.1, 0.15) is 6.61 Å². The van der Waals surface area contributed by atoms with Gasteiger partial charge >= 0.3 is 19.8 Å². The van der Waals surface area contributed by atoms with Crippen LogP contribution in [0.5, 0.6) is 0 Å². The highest BCUT2D eigenvalue weighted by atomic mass is 31.2. The molecule has 0 fully saturated rings. The number of phosphoric acid groups is 1. The Balaban J connectivity index is 2.50. The molecule has 11 heteroatoms. The summed E-state index contributed by atoms with van der Waals surface area (Å²) >= 11 is 0. The number of hydrogen-bond donors (Lipinski definition) is 1. The standard InChI is InChI=1S/C44H80NO9P/c1-3-5-7-9-11-13-15-17-19-21-23-25-30-34-43(46)49-39-42(40-53-55(48,51-37-36-50-45)52-38-41-32-28-27-29-33-41)54-44(47)35-31-26-24-22-20-18-16-14-12-10-8-6-4-2/h27-29,32-33,42H,3-26,30-31,34-40,45H2,1-2H3/t42-,55?/m1/s1. The van der Waals surface area contributed by atoms with Crippen LogP contribution in [0.3, 0.4) is 0 Å². The van der Waals surface area contributed by atoms with E-state index in [0.29, 0.717) is 12.8 Å². The van der Waals surface area contributed by atoms with Gasteiger partial charge in [-0.05, 0) is 18.4 Å². The number of unbranched alkanes of at least 4 members (excludes halogenated alkanes) is 24. The topological polar surface area (TPSA) is 133 Å². The number of nitrogens with two attached hydrogens (primary N) is 1. The van der Waals surface area contributed by atoms with Crippen molar-refractivity contribution >= 4 is 19.8 Å². The highest BCUT2D eigenvalue weighted by Gasteiger charge is 2.30. The average Bonchev–Trinajstić information content (AvgIpc) is 3.19. The maximum Gasteiger partial charge on any atom is 0.475 e. The average molecular weight is 798 g/mol. The summed E-state index contributed by atoms with van der Waals surface area (Å²) in [5.41, 5.74) is 0.771. The first-order valence-electron chi connectivity index (χ1n) is 22.2. The number of carbonyl (C=O) groups is 2. The highest BCUT2D eigenvalue weighted by molar-refractivity contribution is 7.48. The van der Waals surface area contributed by atoms with Gasteiger partial charge in [-0.2, -0.15) is 0 Å². The summed E-state index contributed by atoms with van der Waals surface area (Å²) in [7, 11) is -4.12. The van der Waals surface area contributed by atoms with Gasteiger partial charge < -0.3 is 14.3 Å². The van der Waals surface area contributed by atoms with Crippen molar-refractivity contribution < 1.29 is 42.0 Å². The van der Waals surface area contributed by atoms with Gasteiger partial charge in [0.05, 0.1) is 26.4 Å². The SMILES string of the molecule is CCCCCCCCCCCCCCCC(=O)OC[C@H](COP(=O)(OCCON)OCc1ccccc1)OC(=O)CCCCCCCCCCCCCCC. The lowest BCUT2D eigenvalue weighted by Gasteiger charge is -2.22. The Kier molecular flexibility index (Phi) is 35.1. The van der Waals surface area contributed by atoms with Crippen molar-refractivity contribution in [3.63, 3.8) is 0 Å². The molecule has 1 aromatic carbocycles. The molecule has 55 heavy (non-hydrogen) atoms. The zero-order chi connectivity index (χ0) is 39.9. The molecule has 2 atom stereocenters. The van der Waals surface area contributed by atoms with Gasteiger partial charge in [0.15, 0.2) is 6.10 Å². The fourth-order valence-corrected chi connectivity index (χ4v) is 7.58. The monoisotopic (exact) mass is 798 g/mol. The van der Waals surface area contributed by atoms with Crippen molar-refractivity contribution in [1.29, 1.82) is 0 Å². The number of carbonyl (C=O) groups excluding carboxylic acids is 2. The lowest BCUT2D eigenvalue weighted by molar-refractivity contribution is -0.161. The zero-order valence-corrected chi connectivity index (χ0v) is 35.9. The third kappa shape index (κ3) is 32.9. The molecule has 0 heterocycles. The van der Waals surface area contributed by atoms with Crippen molar-refractivity contribution in [3.8, 4) is 0 Å². The van der Waals surface area contributed by atoms with Gasteiger partial charge in [0, 0.05) is 12.8 Å². The van der Waals surface area contributed by atoms with Crippen LogP contribution in [0.4, 0.5) is 0 Å². The van der Waals surface area contributed by atoms with Crippen molar-refractivity contribution in [3.05, 3.63) is 35.9 Å². The van der Waals surface area contributed by atoms with Gasteiger partial charge in [-0.25, -0.2) is 10.5 Å². The molecular weight excluding hydrogens is 717 g/mol. The molecule has 0 aromatic heterocycles. The van der Waals surface area contributed by atoms with E-state index in [1.54, 1.807) is 0 Å². The zero-order valence-electron chi connectivity index (χ0n) is 35.0. The summed E-state index contributed by atoms with van der Waals surface area (Å²) in [4.78, 5) is 30.1. The van der Waals surface area contributed by atoms with E-state index in [9.17, 15) is 14.2 Å². The second kappa shape index (κ2) is 37.7. The van der Waals surface area contributed by atoms with E-state index in [4.69, 9.17) is 28.9 Å². The fourth-order valence-electron chi connectivity index (χ4n) is 6.40. The lowest BCUT2D eigenvalue weighted by atomic mass is 10.0. The third-order valence-electron chi connectivity index (χ3n) is 9.80. The first-order chi connectivity index (χ1) is 26.9. The predicted molar refractivity (Wildman–Crippen MR) is 222 cm³/mol. The van der Waals surface area contributed by atoms with Gasteiger partial charge in [0.25, 0.3) is 0 Å². The number of rotatable bonds is 41. The van der Waals surface area contributed by atoms with Crippen LogP contribution in [0, 0.1) is 0 Å². The van der Waals surface area contributed by atoms with E-state index in [-0.39, 0.29) is 45.4 Å². The summed E-state index contributed by atoms with van der Waals surface area (Å²) in [5, 5.41) is 0. The van der Waals surface area contributed by atoms with E-state index in [2.05, 4.69) is 18.7 Å². The molecule has 1 rings (SSSR count). The highest BCUT2D eigenvalue weighted by Crippen LogP contribution is 2.50. The summed E-state index contributed by atoms with van der Waals surface area (Å²) in [6.45, 7) is 3.75. The first kappa shape index (κ1) is 51.2. The van der Waals surface area contributed by atoms with E-state index < -0.39 is 19.9 Å². The number of hydrogen-bond acceptors (Lipinski definition) is 10. The van der Waals surface area contributed by atoms with E-state index >= 15 is 0 Å². The number of phosphoric ester groups is 1. The second-order valence-electron chi connectivity index (χ2n) is 15.0. The predicted octanol–water partition coefficient (Wildman–Crippen LogP) is 12.7. The normalized spacial score (nSPS) is 13.1. The molecule has 0 radical (unpaired) electrons. The number of esters is 2. The molecule has 10 nitrogen and oxygen atoms in total. The van der Waals surface area contributed by atoms with Crippen molar-refractivity contribution in [2.45, 2.75) is 206 Å². The lowest BCUT2D eigenvalue weighted by Crippen LogP contribution is -2.29. The molecule has 0 spiro atoms. The molecule has 1 aromatic rings. The molecule has 0 bridgehead atoms. The molecule has 0 saturated heterocycles. The van der Waals surface area contributed by atoms with Gasteiger partial charge in [-0.15, -0.1) is 0 Å². The molecule has 0 aliphatic heterocycles. The minimum absolute atomic E-state index is 0.0286. The minimum atomic E-state index is -4.12. The van der Waals surface area contributed by atoms with Crippen molar-refractivity contribution in [1.82, 2.24) is 0 Å².